The standard InChI is InChI=1S/C19H12BrF2N5/c20-11-9-16-17(23-10-11)27-19(25-15-7-3-13(22)4-8-15)18(26-16)24-14-5-1-12(21)2-6-14/h1-10H,(H,24,26)(H,23,25,27). The van der Waals surface area contributed by atoms with Gasteiger partial charge in [0.05, 0.1) is 0 Å². The molecule has 2 aromatic carbocycles. The van der Waals surface area contributed by atoms with E-state index in [1.54, 1.807) is 36.5 Å². The fraction of sp³-hybridized carbons (Fsp3) is 0. The van der Waals surface area contributed by atoms with Gasteiger partial charge in [-0.1, -0.05) is 0 Å². The quantitative estimate of drug-likeness (QED) is 0.446. The second kappa shape index (κ2) is 7.24. The molecule has 0 amide bonds. The molecule has 4 aromatic rings. The fourth-order valence-corrected chi connectivity index (χ4v) is 2.76. The summed E-state index contributed by atoms with van der Waals surface area (Å²) in [5.41, 5.74) is 2.32. The van der Waals surface area contributed by atoms with E-state index in [1.807, 2.05) is 0 Å². The smallest absolute Gasteiger partial charge is 0.180 e. The van der Waals surface area contributed by atoms with Crippen LogP contribution in [0.3, 0.4) is 0 Å². The molecule has 0 aliphatic heterocycles. The van der Waals surface area contributed by atoms with Gasteiger partial charge in [0.2, 0.25) is 0 Å². The van der Waals surface area contributed by atoms with E-state index in [9.17, 15) is 8.78 Å². The molecule has 0 unspecified atom stereocenters. The van der Waals surface area contributed by atoms with Gasteiger partial charge in [-0.15, -0.1) is 0 Å². The van der Waals surface area contributed by atoms with Gasteiger partial charge in [0.25, 0.3) is 0 Å². The number of hydrogen-bond donors (Lipinski definition) is 2. The molecule has 0 bridgehead atoms. The topological polar surface area (TPSA) is 62.7 Å². The second-order valence-electron chi connectivity index (χ2n) is 5.68. The van der Waals surface area contributed by atoms with Gasteiger partial charge in [0.1, 0.15) is 17.2 Å². The van der Waals surface area contributed by atoms with Crippen LogP contribution in [0, 0.1) is 11.6 Å². The van der Waals surface area contributed by atoms with E-state index in [0.717, 1.165) is 4.47 Å². The third-order valence-corrected chi connectivity index (χ3v) is 4.14. The molecule has 0 aliphatic rings. The van der Waals surface area contributed by atoms with Crippen LogP contribution in [-0.4, -0.2) is 15.0 Å². The number of aromatic nitrogens is 3. The van der Waals surface area contributed by atoms with Gasteiger partial charge in [-0.25, -0.2) is 23.7 Å². The Morgan fingerprint density at radius 3 is 1.81 bits per heavy atom. The van der Waals surface area contributed by atoms with Crippen LogP contribution in [0.5, 0.6) is 0 Å². The Kier molecular flexibility index (Phi) is 4.64. The molecule has 0 radical (unpaired) electrons. The van der Waals surface area contributed by atoms with Crippen molar-refractivity contribution in [2.75, 3.05) is 10.6 Å². The Labute approximate surface area is 161 Å². The zero-order valence-corrected chi connectivity index (χ0v) is 15.3. The van der Waals surface area contributed by atoms with Crippen LogP contribution in [0.4, 0.5) is 31.8 Å². The van der Waals surface area contributed by atoms with E-state index < -0.39 is 0 Å². The molecule has 0 atom stereocenters. The number of hydrogen-bond acceptors (Lipinski definition) is 5. The molecule has 0 aliphatic carbocycles. The minimum absolute atomic E-state index is 0.331. The van der Waals surface area contributed by atoms with Crippen LogP contribution in [0.15, 0.2) is 65.3 Å². The van der Waals surface area contributed by atoms with Gasteiger partial charge in [0, 0.05) is 22.0 Å². The zero-order valence-electron chi connectivity index (χ0n) is 13.7. The molecule has 5 nitrogen and oxygen atoms in total. The van der Waals surface area contributed by atoms with Gasteiger partial charge in [-0.05, 0) is 70.5 Å². The molecule has 27 heavy (non-hydrogen) atoms. The summed E-state index contributed by atoms with van der Waals surface area (Å²) < 4.78 is 27.1. The van der Waals surface area contributed by atoms with E-state index in [2.05, 4.69) is 41.5 Å². The predicted molar refractivity (Wildman–Crippen MR) is 104 cm³/mol. The Hall–Kier alpha value is -3.13. The first-order chi connectivity index (χ1) is 13.1. The molecule has 2 N–H and O–H groups in total. The van der Waals surface area contributed by atoms with Crippen molar-refractivity contribution in [1.29, 1.82) is 0 Å². The van der Waals surface area contributed by atoms with Crippen LogP contribution in [0.25, 0.3) is 11.2 Å². The summed E-state index contributed by atoms with van der Waals surface area (Å²) in [5.74, 6) is 0.177. The van der Waals surface area contributed by atoms with Crippen molar-refractivity contribution in [1.82, 2.24) is 15.0 Å². The molecule has 2 aromatic heterocycles. The first kappa shape index (κ1) is 17.3. The predicted octanol–water partition coefficient (Wildman–Crippen LogP) is 5.55. The first-order valence-corrected chi connectivity index (χ1v) is 8.74. The number of benzene rings is 2. The Bertz CT molecular complexity index is 1100. The number of anilines is 4. The average Bonchev–Trinajstić information content (AvgIpc) is 2.66. The van der Waals surface area contributed by atoms with Crippen LogP contribution in [0.1, 0.15) is 0 Å². The lowest BCUT2D eigenvalue weighted by atomic mass is 10.3. The number of fused-ring (bicyclic) bond motifs is 1. The summed E-state index contributed by atoms with van der Waals surface area (Å²) in [6.07, 6.45) is 1.63. The minimum atomic E-state index is -0.332. The summed E-state index contributed by atoms with van der Waals surface area (Å²) in [6, 6.07) is 13.6. The number of nitrogens with one attached hydrogen (secondary N) is 2. The highest BCUT2D eigenvalue weighted by atomic mass is 79.9. The summed E-state index contributed by atoms with van der Waals surface area (Å²) in [6.45, 7) is 0. The van der Waals surface area contributed by atoms with Crippen LogP contribution in [-0.2, 0) is 0 Å². The zero-order chi connectivity index (χ0) is 18.8. The molecule has 4 rings (SSSR count). The number of nitrogens with zero attached hydrogens (tertiary/aromatic N) is 3. The van der Waals surface area contributed by atoms with Gasteiger partial charge >= 0.3 is 0 Å². The van der Waals surface area contributed by atoms with Crippen LogP contribution in [0.2, 0.25) is 0 Å². The number of pyridine rings is 1. The molecular formula is C19H12BrF2N5. The highest BCUT2D eigenvalue weighted by Gasteiger charge is 2.11. The van der Waals surface area contributed by atoms with Gasteiger partial charge in [0.15, 0.2) is 17.3 Å². The van der Waals surface area contributed by atoms with Crippen molar-refractivity contribution in [3.63, 3.8) is 0 Å². The van der Waals surface area contributed by atoms with Gasteiger partial charge in [-0.3, -0.25) is 0 Å². The van der Waals surface area contributed by atoms with Crippen molar-refractivity contribution in [2.24, 2.45) is 0 Å². The van der Waals surface area contributed by atoms with Crippen molar-refractivity contribution in [3.05, 3.63) is 76.9 Å². The second-order valence-corrected chi connectivity index (χ2v) is 6.60. The molecule has 0 saturated carbocycles. The number of halogens is 3. The summed E-state index contributed by atoms with van der Waals surface area (Å²) >= 11 is 3.37. The summed E-state index contributed by atoms with van der Waals surface area (Å²) in [5, 5.41) is 6.23. The average molecular weight is 428 g/mol. The molecule has 134 valence electrons. The van der Waals surface area contributed by atoms with E-state index in [0.29, 0.717) is 34.2 Å². The Balaban J connectivity index is 1.77. The Morgan fingerprint density at radius 2 is 1.26 bits per heavy atom. The van der Waals surface area contributed by atoms with E-state index in [4.69, 9.17) is 0 Å². The molecule has 0 saturated heterocycles. The molecule has 0 fully saturated rings. The lowest BCUT2D eigenvalue weighted by Gasteiger charge is -2.13. The van der Waals surface area contributed by atoms with E-state index in [-0.39, 0.29) is 11.6 Å². The normalized spacial score (nSPS) is 10.8. The SMILES string of the molecule is Fc1ccc(Nc2nc3cc(Br)cnc3nc2Nc2ccc(F)cc2)cc1. The van der Waals surface area contributed by atoms with E-state index >= 15 is 0 Å². The first-order valence-electron chi connectivity index (χ1n) is 7.95. The number of rotatable bonds is 4. The molecule has 2 heterocycles. The molecule has 0 spiro atoms. The van der Waals surface area contributed by atoms with Crippen molar-refractivity contribution < 1.29 is 8.78 Å². The third-order valence-electron chi connectivity index (χ3n) is 3.70. The van der Waals surface area contributed by atoms with Crippen LogP contribution < -0.4 is 10.6 Å². The maximum atomic E-state index is 13.2. The van der Waals surface area contributed by atoms with Gasteiger partial charge in [-0.2, -0.15) is 0 Å². The van der Waals surface area contributed by atoms with Crippen LogP contribution >= 0.6 is 15.9 Å². The maximum absolute atomic E-state index is 13.2. The summed E-state index contributed by atoms with van der Waals surface area (Å²) in [7, 11) is 0. The van der Waals surface area contributed by atoms with Crippen molar-refractivity contribution in [3.8, 4) is 0 Å². The van der Waals surface area contributed by atoms with Crippen molar-refractivity contribution >= 4 is 50.1 Å². The van der Waals surface area contributed by atoms with E-state index in [1.165, 1.54) is 24.3 Å². The molecular weight excluding hydrogens is 416 g/mol. The minimum Gasteiger partial charge on any atom is -0.337 e. The lowest BCUT2D eigenvalue weighted by Crippen LogP contribution is -2.04. The largest absolute Gasteiger partial charge is 0.337 e. The fourth-order valence-electron chi connectivity index (χ4n) is 2.44. The third kappa shape index (κ3) is 4.01. The molecule has 8 heteroatoms. The highest BCUT2D eigenvalue weighted by molar-refractivity contribution is 9.10. The van der Waals surface area contributed by atoms with Gasteiger partial charge < -0.3 is 10.6 Å². The summed E-state index contributed by atoms with van der Waals surface area (Å²) in [4.78, 5) is 13.3. The van der Waals surface area contributed by atoms with Crippen molar-refractivity contribution in [2.45, 2.75) is 0 Å². The lowest BCUT2D eigenvalue weighted by molar-refractivity contribution is 0.627. The monoisotopic (exact) mass is 427 g/mol. The maximum Gasteiger partial charge on any atom is 0.180 e. The Morgan fingerprint density at radius 1 is 0.741 bits per heavy atom. The highest BCUT2D eigenvalue weighted by Crippen LogP contribution is 2.28.